The number of hydrogen-bond donors (Lipinski definition) is 2. The molecule has 3 N–H and O–H groups in total. The highest BCUT2D eigenvalue weighted by atomic mass is 35.5. The van der Waals surface area contributed by atoms with E-state index >= 15 is 0 Å². The number of methoxy groups -OCH3 is 1. The summed E-state index contributed by atoms with van der Waals surface area (Å²) >= 11 is 6.17. The van der Waals surface area contributed by atoms with Crippen LogP contribution in [0.5, 0.6) is 5.75 Å². The Labute approximate surface area is 112 Å². The zero-order valence-electron chi connectivity index (χ0n) is 10.3. The number of aryl methyl sites for hydroxylation is 1. The lowest BCUT2D eigenvalue weighted by molar-refractivity contribution is 0.415. The van der Waals surface area contributed by atoms with Gasteiger partial charge >= 0.3 is 0 Å². The number of ether oxygens (including phenoxy) is 1. The fraction of sp³-hybridized carbons (Fsp3) is 0.143. The van der Waals surface area contributed by atoms with Gasteiger partial charge in [-0.2, -0.15) is 0 Å². The number of nitrogen functional groups attached to an aromatic ring is 1. The van der Waals surface area contributed by atoms with Gasteiger partial charge < -0.3 is 15.8 Å². The highest BCUT2D eigenvalue weighted by Crippen LogP contribution is 2.29. The van der Waals surface area contributed by atoms with Crippen LogP contribution >= 0.6 is 11.6 Å². The molecule has 0 radical (unpaired) electrons. The minimum absolute atomic E-state index is 0.639. The van der Waals surface area contributed by atoms with E-state index in [0.29, 0.717) is 16.5 Å². The van der Waals surface area contributed by atoms with Crippen molar-refractivity contribution < 1.29 is 4.74 Å². The summed E-state index contributed by atoms with van der Waals surface area (Å²) in [5, 5.41) is 3.90. The first-order chi connectivity index (χ1) is 8.58. The van der Waals surface area contributed by atoms with Crippen LogP contribution in [0.3, 0.4) is 0 Å². The lowest BCUT2D eigenvalue weighted by Gasteiger charge is -2.11. The zero-order chi connectivity index (χ0) is 13.1. The van der Waals surface area contributed by atoms with Crippen LogP contribution in [-0.2, 0) is 0 Å². The summed E-state index contributed by atoms with van der Waals surface area (Å²) < 4.78 is 5.17. The van der Waals surface area contributed by atoms with Crippen LogP contribution in [0.15, 0.2) is 36.4 Å². The molecule has 0 fully saturated rings. The predicted molar refractivity (Wildman–Crippen MR) is 76.9 cm³/mol. The second-order valence-electron chi connectivity index (χ2n) is 4.10. The van der Waals surface area contributed by atoms with Crippen LogP contribution < -0.4 is 15.8 Å². The molecule has 2 aromatic carbocycles. The summed E-state index contributed by atoms with van der Waals surface area (Å²) in [6, 6.07) is 11.3. The van der Waals surface area contributed by atoms with E-state index in [-0.39, 0.29) is 0 Å². The van der Waals surface area contributed by atoms with Crippen molar-refractivity contribution in [3.63, 3.8) is 0 Å². The Hall–Kier alpha value is -1.87. The topological polar surface area (TPSA) is 47.3 Å². The third kappa shape index (κ3) is 2.87. The molecule has 0 heterocycles. The van der Waals surface area contributed by atoms with Crippen LogP contribution in [0.1, 0.15) is 5.56 Å². The van der Waals surface area contributed by atoms with Gasteiger partial charge in [-0.05, 0) is 30.7 Å². The number of anilines is 3. The van der Waals surface area contributed by atoms with Crippen LogP contribution in [-0.4, -0.2) is 7.11 Å². The van der Waals surface area contributed by atoms with Gasteiger partial charge in [-0.25, -0.2) is 0 Å². The Balaban J connectivity index is 2.30. The Morgan fingerprint density at radius 3 is 2.61 bits per heavy atom. The molecule has 0 unspecified atom stereocenters. The van der Waals surface area contributed by atoms with E-state index < -0.39 is 0 Å². The van der Waals surface area contributed by atoms with E-state index in [0.717, 1.165) is 16.9 Å². The SMILES string of the molecule is COc1cc(N)cc(Nc2ccc(C)cc2Cl)c1. The first kappa shape index (κ1) is 12.6. The molecule has 0 aliphatic heterocycles. The number of nitrogens with one attached hydrogen (secondary N) is 1. The van der Waals surface area contributed by atoms with E-state index in [1.165, 1.54) is 0 Å². The van der Waals surface area contributed by atoms with E-state index in [9.17, 15) is 0 Å². The summed E-state index contributed by atoms with van der Waals surface area (Å²) in [6.45, 7) is 2.00. The van der Waals surface area contributed by atoms with Crippen molar-refractivity contribution in [2.24, 2.45) is 0 Å². The van der Waals surface area contributed by atoms with Crippen LogP contribution in [0.4, 0.5) is 17.1 Å². The molecule has 0 bridgehead atoms. The quantitative estimate of drug-likeness (QED) is 0.823. The molecule has 0 aliphatic carbocycles. The van der Waals surface area contributed by atoms with Crippen LogP contribution in [0.2, 0.25) is 5.02 Å². The summed E-state index contributed by atoms with van der Waals surface area (Å²) in [7, 11) is 1.61. The van der Waals surface area contributed by atoms with Crippen molar-refractivity contribution in [1.82, 2.24) is 0 Å². The summed E-state index contributed by atoms with van der Waals surface area (Å²) in [4.78, 5) is 0. The van der Waals surface area contributed by atoms with Gasteiger partial charge in [-0.15, -0.1) is 0 Å². The molecule has 2 aromatic rings. The van der Waals surface area contributed by atoms with Gasteiger partial charge in [0.2, 0.25) is 0 Å². The van der Waals surface area contributed by atoms with Gasteiger partial charge in [0.05, 0.1) is 17.8 Å². The Morgan fingerprint density at radius 2 is 1.94 bits per heavy atom. The van der Waals surface area contributed by atoms with E-state index in [4.69, 9.17) is 22.1 Å². The summed E-state index contributed by atoms with van der Waals surface area (Å²) in [5.74, 6) is 0.709. The van der Waals surface area contributed by atoms with E-state index in [2.05, 4.69) is 5.32 Å². The van der Waals surface area contributed by atoms with Crippen molar-refractivity contribution >= 4 is 28.7 Å². The Kier molecular flexibility index (Phi) is 3.63. The number of hydrogen-bond acceptors (Lipinski definition) is 3. The molecule has 0 saturated heterocycles. The molecule has 94 valence electrons. The highest BCUT2D eigenvalue weighted by Gasteiger charge is 2.03. The van der Waals surface area contributed by atoms with Gasteiger partial charge in [0, 0.05) is 23.5 Å². The number of rotatable bonds is 3. The maximum atomic E-state index is 6.17. The molecule has 18 heavy (non-hydrogen) atoms. The van der Waals surface area contributed by atoms with Crippen molar-refractivity contribution in [1.29, 1.82) is 0 Å². The summed E-state index contributed by atoms with van der Waals surface area (Å²) in [6.07, 6.45) is 0. The molecule has 0 aromatic heterocycles. The second kappa shape index (κ2) is 5.19. The maximum Gasteiger partial charge on any atom is 0.122 e. The minimum Gasteiger partial charge on any atom is -0.497 e. The molecule has 0 aliphatic rings. The van der Waals surface area contributed by atoms with Crippen molar-refractivity contribution in [2.75, 3.05) is 18.2 Å². The van der Waals surface area contributed by atoms with Crippen molar-refractivity contribution in [2.45, 2.75) is 6.92 Å². The number of benzene rings is 2. The van der Waals surface area contributed by atoms with Gasteiger partial charge in [-0.3, -0.25) is 0 Å². The van der Waals surface area contributed by atoms with Gasteiger partial charge in [-0.1, -0.05) is 17.7 Å². The first-order valence-corrected chi connectivity index (χ1v) is 5.94. The fourth-order valence-corrected chi connectivity index (χ4v) is 1.97. The predicted octanol–water partition coefficient (Wildman–Crippen LogP) is 3.98. The van der Waals surface area contributed by atoms with Crippen LogP contribution in [0, 0.1) is 6.92 Å². The monoisotopic (exact) mass is 262 g/mol. The minimum atomic E-state index is 0.639. The van der Waals surface area contributed by atoms with Gasteiger partial charge in [0.15, 0.2) is 0 Å². The molecule has 0 saturated carbocycles. The summed E-state index contributed by atoms with van der Waals surface area (Å²) in [5.41, 5.74) is 9.25. The van der Waals surface area contributed by atoms with E-state index in [1.807, 2.05) is 37.3 Å². The van der Waals surface area contributed by atoms with Gasteiger partial charge in [0.1, 0.15) is 5.75 Å². The molecular formula is C14H15ClN2O. The molecule has 0 atom stereocenters. The van der Waals surface area contributed by atoms with Crippen LogP contribution in [0.25, 0.3) is 0 Å². The number of nitrogens with two attached hydrogens (primary N) is 1. The largest absolute Gasteiger partial charge is 0.497 e. The zero-order valence-corrected chi connectivity index (χ0v) is 11.1. The lowest BCUT2D eigenvalue weighted by atomic mass is 10.2. The molecule has 0 amide bonds. The Bertz CT molecular complexity index is 570. The van der Waals surface area contributed by atoms with E-state index in [1.54, 1.807) is 13.2 Å². The molecule has 0 spiro atoms. The molecule has 2 rings (SSSR count). The first-order valence-electron chi connectivity index (χ1n) is 5.56. The third-order valence-corrected chi connectivity index (χ3v) is 2.88. The van der Waals surface area contributed by atoms with Crippen molar-refractivity contribution in [3.05, 3.63) is 47.0 Å². The normalized spacial score (nSPS) is 10.2. The molecule has 4 heteroatoms. The third-order valence-electron chi connectivity index (χ3n) is 2.57. The lowest BCUT2D eigenvalue weighted by Crippen LogP contribution is -1.95. The maximum absolute atomic E-state index is 6.17. The fourth-order valence-electron chi connectivity index (χ4n) is 1.69. The Morgan fingerprint density at radius 1 is 1.17 bits per heavy atom. The average molecular weight is 263 g/mol. The average Bonchev–Trinajstić information content (AvgIpc) is 2.32. The van der Waals surface area contributed by atoms with Crippen molar-refractivity contribution in [3.8, 4) is 5.75 Å². The highest BCUT2D eigenvalue weighted by molar-refractivity contribution is 6.33. The molecule has 3 nitrogen and oxygen atoms in total. The molecular weight excluding hydrogens is 248 g/mol. The van der Waals surface area contributed by atoms with Gasteiger partial charge in [0.25, 0.3) is 0 Å². The standard InChI is InChI=1S/C14H15ClN2O/c1-9-3-4-14(13(15)5-9)17-11-6-10(16)7-12(8-11)18-2/h3-8,17H,16H2,1-2H3. The smallest absolute Gasteiger partial charge is 0.122 e. The number of halogens is 1. The second-order valence-corrected chi connectivity index (χ2v) is 4.51.